The summed E-state index contributed by atoms with van der Waals surface area (Å²) in [5, 5.41) is 0.292. The Morgan fingerprint density at radius 2 is 1.89 bits per heavy atom. The van der Waals surface area contributed by atoms with Crippen molar-refractivity contribution in [3.63, 3.8) is 0 Å². The van der Waals surface area contributed by atoms with Gasteiger partial charge in [0.1, 0.15) is 15.8 Å². The molecule has 1 aliphatic rings. The second-order valence-corrected chi connectivity index (χ2v) is 8.03. The van der Waals surface area contributed by atoms with Gasteiger partial charge in [-0.15, -0.1) is 0 Å². The van der Waals surface area contributed by atoms with E-state index in [0.29, 0.717) is 5.82 Å². The molecule has 4 nitrogen and oxygen atoms in total. The molecule has 1 atom stereocenters. The Bertz CT molecular complexity index is 906. The van der Waals surface area contributed by atoms with Gasteiger partial charge in [-0.25, -0.2) is 9.78 Å². The van der Waals surface area contributed by atoms with Crippen LogP contribution in [0.1, 0.15) is 22.3 Å². The second kappa shape index (κ2) is 7.72. The first-order valence-corrected chi connectivity index (χ1v) is 9.65. The van der Waals surface area contributed by atoms with E-state index in [9.17, 15) is 18.0 Å². The summed E-state index contributed by atoms with van der Waals surface area (Å²) in [6.45, 7) is -0.217. The zero-order valence-electron chi connectivity index (χ0n) is 14.5. The number of anilines is 1. The fourth-order valence-corrected chi connectivity index (χ4v) is 4.33. The number of carbonyl (C=O) groups is 1. The van der Waals surface area contributed by atoms with Crippen LogP contribution in [0.2, 0.25) is 10.0 Å². The summed E-state index contributed by atoms with van der Waals surface area (Å²) in [4.78, 5) is 17.4. The first kappa shape index (κ1) is 21.2. The number of aromatic nitrogens is 1. The van der Waals surface area contributed by atoms with Crippen molar-refractivity contribution < 1.29 is 22.7 Å². The van der Waals surface area contributed by atoms with Gasteiger partial charge in [0.2, 0.25) is 0 Å². The maximum absolute atomic E-state index is 14.1. The van der Waals surface area contributed by atoms with E-state index in [0.717, 1.165) is 0 Å². The molecular weight excluding hydrogens is 484 g/mol. The minimum absolute atomic E-state index is 0.0187. The molecule has 1 aromatic carbocycles. The maximum Gasteiger partial charge on any atom is 0.400 e. The van der Waals surface area contributed by atoms with E-state index in [-0.39, 0.29) is 45.3 Å². The van der Waals surface area contributed by atoms with E-state index < -0.39 is 17.6 Å². The summed E-state index contributed by atoms with van der Waals surface area (Å²) in [6, 6.07) is 6.95. The quantitative estimate of drug-likeness (QED) is 0.406. The summed E-state index contributed by atoms with van der Waals surface area (Å²) in [5.41, 5.74) is -1.92. The molecule has 0 saturated carbocycles. The molecule has 0 bridgehead atoms. The predicted molar refractivity (Wildman–Crippen MR) is 104 cm³/mol. The number of halogens is 6. The molecule has 0 spiro atoms. The summed E-state index contributed by atoms with van der Waals surface area (Å²) in [7, 11) is 1.23. The molecule has 1 fully saturated rings. The Hall–Kier alpha value is -1.51. The molecule has 2 aromatic rings. The van der Waals surface area contributed by atoms with Gasteiger partial charge < -0.3 is 9.64 Å². The van der Waals surface area contributed by atoms with Crippen molar-refractivity contribution in [1.29, 1.82) is 0 Å². The average Bonchev–Trinajstić information content (AvgIpc) is 3.07. The number of pyridine rings is 1. The number of carbonyl (C=O) groups excluding carboxylic acids is 1. The Morgan fingerprint density at radius 3 is 2.43 bits per heavy atom. The average molecular weight is 498 g/mol. The van der Waals surface area contributed by atoms with E-state index in [2.05, 4.69) is 25.7 Å². The Morgan fingerprint density at radius 1 is 1.25 bits per heavy atom. The summed E-state index contributed by atoms with van der Waals surface area (Å²) < 4.78 is 47.3. The van der Waals surface area contributed by atoms with Crippen LogP contribution in [0.4, 0.5) is 19.0 Å². The van der Waals surface area contributed by atoms with Crippen LogP contribution in [0, 0.1) is 0 Å². The van der Waals surface area contributed by atoms with E-state index in [1.54, 1.807) is 0 Å². The molecule has 0 radical (unpaired) electrons. The number of alkyl halides is 3. The largest absolute Gasteiger partial charge is 0.465 e. The molecule has 1 saturated heterocycles. The zero-order chi connectivity index (χ0) is 20.7. The van der Waals surface area contributed by atoms with Gasteiger partial charge >= 0.3 is 12.1 Å². The Kier molecular flexibility index (Phi) is 5.85. The molecule has 10 heteroatoms. The highest BCUT2D eigenvalue weighted by Gasteiger charge is 2.59. The third kappa shape index (κ3) is 3.82. The Labute approximate surface area is 177 Å². The van der Waals surface area contributed by atoms with E-state index in [4.69, 9.17) is 23.2 Å². The Balaban J connectivity index is 1.98. The summed E-state index contributed by atoms with van der Waals surface area (Å²) in [5.74, 6) is -0.274. The molecule has 1 unspecified atom stereocenters. The molecule has 3 rings (SSSR count). The number of nitrogens with zero attached hydrogens (tertiary/aromatic N) is 2. The van der Waals surface area contributed by atoms with Gasteiger partial charge in [0.25, 0.3) is 0 Å². The van der Waals surface area contributed by atoms with Crippen LogP contribution in [0.25, 0.3) is 0 Å². The van der Waals surface area contributed by atoms with E-state index in [1.807, 2.05) is 0 Å². The monoisotopic (exact) mass is 496 g/mol. The smallest absolute Gasteiger partial charge is 0.400 e. The first-order valence-electron chi connectivity index (χ1n) is 8.10. The molecule has 0 aliphatic carbocycles. The molecule has 0 N–H and O–H groups in total. The molecular formula is C18H14BrCl2F3N2O2. The lowest BCUT2D eigenvalue weighted by Crippen LogP contribution is -2.45. The van der Waals surface area contributed by atoms with E-state index in [1.165, 1.54) is 42.3 Å². The maximum atomic E-state index is 14.1. The van der Waals surface area contributed by atoms with Crippen LogP contribution in [-0.4, -0.2) is 37.3 Å². The number of methoxy groups -OCH3 is 1. The van der Waals surface area contributed by atoms with Crippen molar-refractivity contribution in [2.45, 2.75) is 18.0 Å². The van der Waals surface area contributed by atoms with Crippen LogP contribution in [0.3, 0.4) is 0 Å². The number of hydrogen-bond donors (Lipinski definition) is 0. The molecule has 150 valence electrons. The molecule has 2 heterocycles. The van der Waals surface area contributed by atoms with Crippen molar-refractivity contribution in [3.05, 3.63) is 56.1 Å². The lowest BCUT2D eigenvalue weighted by atomic mass is 9.79. The SMILES string of the molecule is COC(=O)c1ccc(N2CCC(c3cc(Cl)cc(Cl)c3)(C(F)(F)F)C2)nc1Br. The van der Waals surface area contributed by atoms with Crippen molar-refractivity contribution >= 4 is 50.9 Å². The standard InChI is InChI=1S/C18H14BrCl2F3N2O2/c1-28-16(27)13-2-3-14(25-15(13)19)26-5-4-17(9-26,18(22,23)24)10-6-11(20)8-12(21)7-10/h2-3,6-8H,4-5,9H2,1H3. The van der Waals surface area contributed by atoms with Gasteiger partial charge in [0.05, 0.1) is 12.7 Å². The van der Waals surface area contributed by atoms with Gasteiger partial charge in [0, 0.05) is 23.1 Å². The minimum atomic E-state index is -4.51. The van der Waals surface area contributed by atoms with Crippen LogP contribution in [0.15, 0.2) is 34.9 Å². The lowest BCUT2D eigenvalue weighted by molar-refractivity contribution is -0.184. The number of hydrogen-bond acceptors (Lipinski definition) is 4. The third-order valence-electron chi connectivity index (χ3n) is 4.79. The molecule has 28 heavy (non-hydrogen) atoms. The van der Waals surface area contributed by atoms with Crippen molar-refractivity contribution in [2.24, 2.45) is 0 Å². The van der Waals surface area contributed by atoms with Crippen LogP contribution < -0.4 is 4.90 Å². The van der Waals surface area contributed by atoms with Gasteiger partial charge in [-0.05, 0) is 58.2 Å². The van der Waals surface area contributed by atoms with Crippen LogP contribution in [0.5, 0.6) is 0 Å². The topological polar surface area (TPSA) is 42.4 Å². The number of esters is 1. The highest BCUT2D eigenvalue weighted by molar-refractivity contribution is 9.10. The fraction of sp³-hybridized carbons (Fsp3) is 0.333. The van der Waals surface area contributed by atoms with Gasteiger partial charge in [-0.2, -0.15) is 13.2 Å². The zero-order valence-corrected chi connectivity index (χ0v) is 17.6. The summed E-state index contributed by atoms with van der Waals surface area (Å²) >= 11 is 15.1. The van der Waals surface area contributed by atoms with Crippen molar-refractivity contribution in [1.82, 2.24) is 4.98 Å². The third-order valence-corrected chi connectivity index (χ3v) is 5.83. The molecule has 0 amide bonds. The first-order chi connectivity index (χ1) is 13.1. The minimum Gasteiger partial charge on any atom is -0.465 e. The van der Waals surface area contributed by atoms with E-state index >= 15 is 0 Å². The van der Waals surface area contributed by atoms with Gasteiger partial charge in [-0.1, -0.05) is 23.2 Å². The van der Waals surface area contributed by atoms with Crippen molar-refractivity contribution in [2.75, 3.05) is 25.1 Å². The van der Waals surface area contributed by atoms with Crippen LogP contribution in [-0.2, 0) is 10.2 Å². The summed E-state index contributed by atoms with van der Waals surface area (Å²) in [6.07, 6.45) is -4.69. The second-order valence-electron chi connectivity index (χ2n) is 6.41. The lowest BCUT2D eigenvalue weighted by Gasteiger charge is -2.32. The molecule has 1 aliphatic heterocycles. The highest BCUT2D eigenvalue weighted by atomic mass is 79.9. The number of ether oxygens (including phenoxy) is 1. The highest BCUT2D eigenvalue weighted by Crippen LogP contribution is 2.49. The van der Waals surface area contributed by atoms with Crippen molar-refractivity contribution in [3.8, 4) is 0 Å². The number of benzene rings is 1. The van der Waals surface area contributed by atoms with Crippen LogP contribution >= 0.6 is 39.1 Å². The predicted octanol–water partition coefficient (Wildman–Crippen LogP) is 5.65. The van der Waals surface area contributed by atoms with Gasteiger partial charge in [-0.3, -0.25) is 0 Å². The molecule has 1 aromatic heterocycles. The fourth-order valence-electron chi connectivity index (χ4n) is 3.33. The number of rotatable bonds is 3. The normalized spacial score (nSPS) is 19.8. The van der Waals surface area contributed by atoms with Gasteiger partial charge in [0.15, 0.2) is 0 Å².